The standard InChI is InChI=1S/C18H15ClN6/c1-11-4-2-6-16(21-11)23-14-8-7-12(10-13(14)19)22-18-17-15(24-25-18)5-3-9-20-17/h2-10H,1H3,(H,21,23)(H2,22,24,25). The summed E-state index contributed by atoms with van der Waals surface area (Å²) in [5.74, 6) is 1.41. The highest BCUT2D eigenvalue weighted by Gasteiger charge is 2.08. The topological polar surface area (TPSA) is 78.5 Å². The molecule has 0 saturated carbocycles. The molecule has 4 rings (SSSR count). The maximum atomic E-state index is 6.40. The van der Waals surface area contributed by atoms with Crippen molar-refractivity contribution in [3.05, 3.63) is 65.4 Å². The number of anilines is 4. The van der Waals surface area contributed by atoms with Crippen LogP contribution in [0.3, 0.4) is 0 Å². The van der Waals surface area contributed by atoms with E-state index < -0.39 is 0 Å². The number of hydrogen-bond acceptors (Lipinski definition) is 5. The van der Waals surface area contributed by atoms with Crippen LogP contribution in [-0.4, -0.2) is 20.2 Å². The molecule has 3 N–H and O–H groups in total. The molecule has 0 aliphatic carbocycles. The van der Waals surface area contributed by atoms with Gasteiger partial charge in [-0.25, -0.2) is 4.98 Å². The van der Waals surface area contributed by atoms with Crippen LogP contribution in [0.4, 0.5) is 23.0 Å². The van der Waals surface area contributed by atoms with Gasteiger partial charge in [0.1, 0.15) is 11.3 Å². The van der Waals surface area contributed by atoms with E-state index >= 15 is 0 Å². The highest BCUT2D eigenvalue weighted by atomic mass is 35.5. The number of halogens is 1. The average Bonchev–Trinajstić information content (AvgIpc) is 3.01. The number of nitrogens with zero attached hydrogens (tertiary/aromatic N) is 3. The Morgan fingerprint density at radius 2 is 1.96 bits per heavy atom. The van der Waals surface area contributed by atoms with Crippen LogP contribution < -0.4 is 10.6 Å². The zero-order valence-electron chi connectivity index (χ0n) is 13.4. The van der Waals surface area contributed by atoms with Crippen LogP contribution in [0, 0.1) is 6.92 Å². The van der Waals surface area contributed by atoms with Gasteiger partial charge in [0.15, 0.2) is 5.82 Å². The lowest BCUT2D eigenvalue weighted by Gasteiger charge is -2.10. The number of nitrogens with one attached hydrogen (secondary N) is 3. The molecule has 0 spiro atoms. The smallest absolute Gasteiger partial charge is 0.178 e. The number of pyridine rings is 2. The number of fused-ring (bicyclic) bond motifs is 1. The third kappa shape index (κ3) is 3.25. The van der Waals surface area contributed by atoms with E-state index in [4.69, 9.17) is 11.6 Å². The second-order valence-electron chi connectivity index (χ2n) is 5.58. The van der Waals surface area contributed by atoms with Crippen LogP contribution in [0.15, 0.2) is 54.7 Å². The summed E-state index contributed by atoms with van der Waals surface area (Å²) in [6.07, 6.45) is 1.73. The number of aromatic amines is 1. The minimum Gasteiger partial charge on any atom is -0.339 e. The summed E-state index contributed by atoms with van der Waals surface area (Å²) in [5, 5.41) is 14.2. The lowest BCUT2D eigenvalue weighted by Crippen LogP contribution is -1.97. The van der Waals surface area contributed by atoms with E-state index in [1.165, 1.54) is 0 Å². The molecule has 25 heavy (non-hydrogen) atoms. The Morgan fingerprint density at radius 3 is 2.80 bits per heavy atom. The molecule has 1 aromatic carbocycles. The maximum Gasteiger partial charge on any atom is 0.178 e. The van der Waals surface area contributed by atoms with Gasteiger partial charge >= 0.3 is 0 Å². The molecule has 7 heteroatoms. The number of benzene rings is 1. The monoisotopic (exact) mass is 350 g/mol. The fraction of sp³-hybridized carbons (Fsp3) is 0.0556. The molecule has 6 nitrogen and oxygen atoms in total. The van der Waals surface area contributed by atoms with Crippen molar-refractivity contribution in [2.45, 2.75) is 6.92 Å². The number of rotatable bonds is 4. The number of aryl methyl sites for hydroxylation is 1. The van der Waals surface area contributed by atoms with E-state index in [-0.39, 0.29) is 0 Å². The van der Waals surface area contributed by atoms with Crippen LogP contribution >= 0.6 is 11.6 Å². The Hall–Kier alpha value is -3.12. The summed E-state index contributed by atoms with van der Waals surface area (Å²) in [4.78, 5) is 8.75. The van der Waals surface area contributed by atoms with Gasteiger partial charge in [0, 0.05) is 17.6 Å². The van der Waals surface area contributed by atoms with Crippen molar-refractivity contribution in [2.24, 2.45) is 0 Å². The van der Waals surface area contributed by atoms with Crippen molar-refractivity contribution in [1.29, 1.82) is 0 Å². The third-order valence-corrected chi connectivity index (χ3v) is 4.02. The Kier molecular flexibility index (Phi) is 3.95. The number of aromatic nitrogens is 4. The molecule has 0 bridgehead atoms. The first kappa shape index (κ1) is 15.4. The lowest BCUT2D eigenvalue weighted by atomic mass is 10.2. The first-order valence-corrected chi connectivity index (χ1v) is 8.13. The molecule has 0 fully saturated rings. The van der Waals surface area contributed by atoms with Crippen molar-refractivity contribution in [2.75, 3.05) is 10.6 Å². The van der Waals surface area contributed by atoms with Crippen LogP contribution in [0.2, 0.25) is 5.02 Å². The van der Waals surface area contributed by atoms with Crippen LogP contribution in [-0.2, 0) is 0 Å². The van der Waals surface area contributed by atoms with Crippen molar-refractivity contribution in [1.82, 2.24) is 20.2 Å². The Balaban J connectivity index is 1.57. The second-order valence-corrected chi connectivity index (χ2v) is 5.99. The molecule has 0 atom stereocenters. The van der Waals surface area contributed by atoms with E-state index in [2.05, 4.69) is 30.8 Å². The molecule has 124 valence electrons. The van der Waals surface area contributed by atoms with Gasteiger partial charge in [0.05, 0.1) is 16.2 Å². The molecule has 0 unspecified atom stereocenters. The fourth-order valence-electron chi connectivity index (χ4n) is 2.52. The summed E-state index contributed by atoms with van der Waals surface area (Å²) in [7, 11) is 0. The van der Waals surface area contributed by atoms with E-state index in [1.54, 1.807) is 6.20 Å². The van der Waals surface area contributed by atoms with Crippen LogP contribution in [0.1, 0.15) is 5.69 Å². The minimum absolute atomic E-state index is 0.584. The Labute approximate surface area is 149 Å². The van der Waals surface area contributed by atoms with Gasteiger partial charge in [-0.15, -0.1) is 0 Å². The first-order chi connectivity index (χ1) is 12.2. The van der Waals surface area contributed by atoms with Crippen molar-refractivity contribution in [3.63, 3.8) is 0 Å². The summed E-state index contributed by atoms with van der Waals surface area (Å²) in [6, 6.07) is 15.2. The summed E-state index contributed by atoms with van der Waals surface area (Å²) < 4.78 is 0. The number of hydrogen-bond donors (Lipinski definition) is 3. The zero-order valence-corrected chi connectivity index (χ0v) is 14.2. The zero-order chi connectivity index (χ0) is 17.2. The van der Waals surface area contributed by atoms with E-state index in [0.717, 1.165) is 33.9 Å². The quantitative estimate of drug-likeness (QED) is 0.492. The SMILES string of the molecule is Cc1cccc(Nc2ccc(Nc3n[nH]c4cccnc34)cc2Cl)n1. The molecular weight excluding hydrogens is 336 g/mol. The summed E-state index contributed by atoms with van der Waals surface area (Å²) >= 11 is 6.40. The molecular formula is C18H15ClN6. The highest BCUT2D eigenvalue weighted by molar-refractivity contribution is 6.33. The molecule has 4 aromatic rings. The van der Waals surface area contributed by atoms with Crippen molar-refractivity contribution < 1.29 is 0 Å². The third-order valence-electron chi connectivity index (χ3n) is 3.70. The van der Waals surface area contributed by atoms with Crippen LogP contribution in [0.25, 0.3) is 11.0 Å². The summed E-state index contributed by atoms with van der Waals surface area (Å²) in [5.41, 5.74) is 4.21. The Morgan fingerprint density at radius 1 is 1.04 bits per heavy atom. The molecule has 3 aromatic heterocycles. The van der Waals surface area contributed by atoms with Gasteiger partial charge in [-0.05, 0) is 49.4 Å². The first-order valence-electron chi connectivity index (χ1n) is 7.75. The normalized spacial score (nSPS) is 10.8. The summed E-state index contributed by atoms with van der Waals surface area (Å²) in [6.45, 7) is 1.95. The molecule has 0 aliphatic heterocycles. The van der Waals surface area contributed by atoms with Gasteiger partial charge < -0.3 is 10.6 Å². The predicted molar refractivity (Wildman–Crippen MR) is 101 cm³/mol. The largest absolute Gasteiger partial charge is 0.339 e. The maximum absolute atomic E-state index is 6.40. The highest BCUT2D eigenvalue weighted by Crippen LogP contribution is 2.30. The van der Waals surface area contributed by atoms with Crippen molar-refractivity contribution in [3.8, 4) is 0 Å². The average molecular weight is 351 g/mol. The molecule has 0 saturated heterocycles. The minimum atomic E-state index is 0.584. The molecule has 0 radical (unpaired) electrons. The molecule has 0 aliphatic rings. The fourth-order valence-corrected chi connectivity index (χ4v) is 2.75. The molecule has 3 heterocycles. The van der Waals surface area contributed by atoms with Gasteiger partial charge in [-0.2, -0.15) is 5.10 Å². The Bertz CT molecular complexity index is 1040. The number of H-pyrrole nitrogens is 1. The van der Waals surface area contributed by atoms with Gasteiger partial charge in [0.25, 0.3) is 0 Å². The molecule has 0 amide bonds. The van der Waals surface area contributed by atoms with Crippen molar-refractivity contribution >= 4 is 45.6 Å². The lowest BCUT2D eigenvalue weighted by molar-refractivity contribution is 1.12. The van der Waals surface area contributed by atoms with Gasteiger partial charge in [-0.1, -0.05) is 17.7 Å². The van der Waals surface area contributed by atoms with E-state index in [9.17, 15) is 0 Å². The van der Waals surface area contributed by atoms with Gasteiger partial charge in [-0.3, -0.25) is 10.1 Å². The predicted octanol–water partition coefficient (Wildman–Crippen LogP) is 4.80. The van der Waals surface area contributed by atoms with E-state index in [0.29, 0.717) is 10.8 Å². The van der Waals surface area contributed by atoms with Gasteiger partial charge in [0.2, 0.25) is 0 Å². The van der Waals surface area contributed by atoms with E-state index in [1.807, 2.05) is 55.5 Å². The second kappa shape index (κ2) is 6.41. The van der Waals surface area contributed by atoms with Crippen LogP contribution in [0.5, 0.6) is 0 Å².